The van der Waals surface area contributed by atoms with Crippen LogP contribution in [-0.4, -0.2) is 41.7 Å². The molecule has 1 aromatic rings. The van der Waals surface area contributed by atoms with Crippen molar-refractivity contribution in [3.05, 3.63) is 29.3 Å². The number of benzene rings is 1. The van der Waals surface area contributed by atoms with Crippen LogP contribution in [0.15, 0.2) is 18.2 Å². The van der Waals surface area contributed by atoms with Crippen molar-refractivity contribution in [2.45, 2.75) is 58.4 Å². The van der Waals surface area contributed by atoms with Crippen LogP contribution in [0, 0.1) is 6.92 Å². The molecule has 0 radical (unpaired) electrons. The first-order valence-corrected chi connectivity index (χ1v) is 8.89. The van der Waals surface area contributed by atoms with Crippen LogP contribution in [0.1, 0.15) is 50.2 Å². The highest BCUT2D eigenvalue weighted by Crippen LogP contribution is 2.23. The summed E-state index contributed by atoms with van der Waals surface area (Å²) in [6.07, 6.45) is 6.92. The minimum Gasteiger partial charge on any atom is -0.395 e. The molecule has 0 heterocycles. The molecular weight excluding hydrogens is 288 g/mol. The Kier molecular flexibility index (Phi) is 7.06. The number of aliphatic hydroxyl groups excluding tert-OH is 1. The van der Waals surface area contributed by atoms with Crippen molar-refractivity contribution in [2.75, 3.05) is 25.0 Å². The second-order valence-electron chi connectivity index (χ2n) is 6.50. The summed E-state index contributed by atoms with van der Waals surface area (Å²) in [6, 6.07) is 6.56. The average Bonchev–Trinajstić information content (AvgIpc) is 2.57. The molecule has 1 aliphatic carbocycles. The maximum atomic E-state index is 12.5. The van der Waals surface area contributed by atoms with Gasteiger partial charge in [-0.15, -0.1) is 0 Å². The molecule has 0 spiro atoms. The molecule has 0 aliphatic heterocycles. The topological polar surface area (TPSA) is 52.6 Å². The molecule has 0 atom stereocenters. The van der Waals surface area contributed by atoms with Crippen LogP contribution in [0.3, 0.4) is 0 Å². The molecule has 128 valence electrons. The van der Waals surface area contributed by atoms with Gasteiger partial charge in [0.25, 0.3) is 0 Å². The maximum absolute atomic E-state index is 12.5. The highest BCUT2D eigenvalue weighted by molar-refractivity contribution is 5.93. The zero-order valence-electron chi connectivity index (χ0n) is 14.5. The van der Waals surface area contributed by atoms with E-state index in [4.69, 9.17) is 0 Å². The molecule has 2 N–H and O–H groups in total. The number of amides is 1. The SMILES string of the molecule is CCc1cccc(C)c1NC(=O)CN(CCO)C1CCCCC1. The van der Waals surface area contributed by atoms with Crippen LogP contribution < -0.4 is 5.32 Å². The van der Waals surface area contributed by atoms with Gasteiger partial charge in [-0.2, -0.15) is 0 Å². The molecule has 23 heavy (non-hydrogen) atoms. The zero-order valence-corrected chi connectivity index (χ0v) is 14.5. The van der Waals surface area contributed by atoms with Crippen molar-refractivity contribution in [1.82, 2.24) is 4.90 Å². The second-order valence-corrected chi connectivity index (χ2v) is 6.50. The minimum atomic E-state index is 0.0213. The lowest BCUT2D eigenvalue weighted by Gasteiger charge is -2.33. The summed E-state index contributed by atoms with van der Waals surface area (Å²) in [7, 11) is 0. The number of anilines is 1. The number of aryl methyl sites for hydroxylation is 2. The molecule has 0 bridgehead atoms. The van der Waals surface area contributed by atoms with Gasteiger partial charge in [0, 0.05) is 18.3 Å². The first kappa shape index (κ1) is 18.0. The average molecular weight is 318 g/mol. The third kappa shape index (κ3) is 5.05. The van der Waals surface area contributed by atoms with E-state index < -0.39 is 0 Å². The van der Waals surface area contributed by atoms with Crippen molar-refractivity contribution >= 4 is 11.6 Å². The molecule has 0 saturated heterocycles. The van der Waals surface area contributed by atoms with Gasteiger partial charge in [-0.3, -0.25) is 9.69 Å². The lowest BCUT2D eigenvalue weighted by atomic mass is 9.94. The Balaban J connectivity index is 2.01. The summed E-state index contributed by atoms with van der Waals surface area (Å²) in [5, 5.41) is 12.4. The van der Waals surface area contributed by atoms with E-state index in [0.29, 0.717) is 19.1 Å². The second kappa shape index (κ2) is 9.04. The Morgan fingerprint density at radius 1 is 1.30 bits per heavy atom. The van der Waals surface area contributed by atoms with Crippen molar-refractivity contribution in [3.63, 3.8) is 0 Å². The minimum absolute atomic E-state index is 0.0213. The summed E-state index contributed by atoms with van der Waals surface area (Å²) in [5.41, 5.74) is 3.22. The molecule has 1 aliphatic rings. The van der Waals surface area contributed by atoms with E-state index in [1.807, 2.05) is 19.1 Å². The normalized spacial score (nSPS) is 15.8. The summed E-state index contributed by atoms with van der Waals surface area (Å²) < 4.78 is 0. The van der Waals surface area contributed by atoms with E-state index in [1.54, 1.807) is 0 Å². The number of hydrogen-bond donors (Lipinski definition) is 2. The highest BCUT2D eigenvalue weighted by Gasteiger charge is 2.23. The van der Waals surface area contributed by atoms with E-state index in [9.17, 15) is 9.90 Å². The molecule has 1 amide bonds. The molecule has 1 fully saturated rings. The molecule has 0 unspecified atom stereocenters. The standard InChI is InChI=1S/C19H30N2O2/c1-3-16-9-7-8-15(2)19(16)20-18(23)14-21(12-13-22)17-10-5-4-6-11-17/h7-9,17,22H,3-6,10-14H2,1-2H3,(H,20,23). The zero-order chi connectivity index (χ0) is 16.7. The number of rotatable bonds is 7. The van der Waals surface area contributed by atoms with Crippen LogP contribution in [0.25, 0.3) is 0 Å². The highest BCUT2D eigenvalue weighted by atomic mass is 16.3. The molecule has 4 nitrogen and oxygen atoms in total. The van der Waals surface area contributed by atoms with Crippen LogP contribution in [-0.2, 0) is 11.2 Å². The third-order valence-electron chi connectivity index (χ3n) is 4.83. The van der Waals surface area contributed by atoms with E-state index in [0.717, 1.165) is 30.5 Å². The van der Waals surface area contributed by atoms with Gasteiger partial charge in [0.1, 0.15) is 0 Å². The van der Waals surface area contributed by atoms with Gasteiger partial charge < -0.3 is 10.4 Å². The fourth-order valence-electron chi connectivity index (χ4n) is 3.53. The van der Waals surface area contributed by atoms with Gasteiger partial charge in [-0.25, -0.2) is 0 Å². The monoisotopic (exact) mass is 318 g/mol. The maximum Gasteiger partial charge on any atom is 0.238 e. The van der Waals surface area contributed by atoms with Crippen LogP contribution in [0.2, 0.25) is 0 Å². The van der Waals surface area contributed by atoms with Gasteiger partial charge in [0.2, 0.25) is 5.91 Å². The largest absolute Gasteiger partial charge is 0.395 e. The Morgan fingerprint density at radius 2 is 2.04 bits per heavy atom. The Hall–Kier alpha value is -1.39. The fraction of sp³-hybridized carbons (Fsp3) is 0.632. The van der Waals surface area contributed by atoms with E-state index in [1.165, 1.54) is 24.8 Å². The lowest BCUT2D eigenvalue weighted by Crippen LogP contribution is -2.43. The molecule has 4 heteroatoms. The Labute approximate surface area is 139 Å². The van der Waals surface area contributed by atoms with E-state index >= 15 is 0 Å². The predicted octanol–water partition coefficient (Wildman–Crippen LogP) is 3.12. The quantitative estimate of drug-likeness (QED) is 0.812. The number of para-hydroxylation sites is 1. The molecule has 1 saturated carbocycles. The van der Waals surface area contributed by atoms with Gasteiger partial charge in [0.15, 0.2) is 0 Å². The smallest absolute Gasteiger partial charge is 0.238 e. The first-order chi connectivity index (χ1) is 11.2. The Bertz CT molecular complexity index is 510. The summed E-state index contributed by atoms with van der Waals surface area (Å²) in [5.74, 6) is 0.0213. The molecule has 1 aromatic carbocycles. The Morgan fingerprint density at radius 3 is 2.70 bits per heavy atom. The first-order valence-electron chi connectivity index (χ1n) is 8.89. The van der Waals surface area contributed by atoms with Gasteiger partial charge in [-0.05, 0) is 37.3 Å². The van der Waals surface area contributed by atoms with Gasteiger partial charge in [-0.1, -0.05) is 44.4 Å². The number of hydrogen-bond acceptors (Lipinski definition) is 3. The number of carbonyl (C=O) groups is 1. The van der Waals surface area contributed by atoms with Crippen molar-refractivity contribution < 1.29 is 9.90 Å². The van der Waals surface area contributed by atoms with Gasteiger partial charge >= 0.3 is 0 Å². The summed E-state index contributed by atoms with van der Waals surface area (Å²) >= 11 is 0. The summed E-state index contributed by atoms with van der Waals surface area (Å²) in [4.78, 5) is 14.7. The number of nitrogens with zero attached hydrogens (tertiary/aromatic N) is 1. The fourth-order valence-corrected chi connectivity index (χ4v) is 3.53. The number of carbonyl (C=O) groups excluding carboxylic acids is 1. The van der Waals surface area contributed by atoms with Crippen LogP contribution in [0.4, 0.5) is 5.69 Å². The molecule has 2 rings (SSSR count). The van der Waals surface area contributed by atoms with Gasteiger partial charge in [0.05, 0.1) is 13.2 Å². The molecule has 0 aromatic heterocycles. The number of aliphatic hydroxyl groups is 1. The summed E-state index contributed by atoms with van der Waals surface area (Å²) in [6.45, 7) is 5.18. The van der Waals surface area contributed by atoms with E-state index in [-0.39, 0.29) is 12.5 Å². The van der Waals surface area contributed by atoms with E-state index in [2.05, 4.69) is 23.2 Å². The van der Waals surface area contributed by atoms with Crippen LogP contribution >= 0.6 is 0 Å². The lowest BCUT2D eigenvalue weighted by molar-refractivity contribution is -0.118. The molecular formula is C19H30N2O2. The van der Waals surface area contributed by atoms with Crippen molar-refractivity contribution in [3.8, 4) is 0 Å². The third-order valence-corrected chi connectivity index (χ3v) is 4.83. The van der Waals surface area contributed by atoms with Crippen molar-refractivity contribution in [1.29, 1.82) is 0 Å². The van der Waals surface area contributed by atoms with Crippen LogP contribution in [0.5, 0.6) is 0 Å². The predicted molar refractivity (Wildman–Crippen MR) is 94.7 cm³/mol. The number of nitrogens with one attached hydrogen (secondary N) is 1. The van der Waals surface area contributed by atoms with Crippen molar-refractivity contribution in [2.24, 2.45) is 0 Å².